The first-order valence-electron chi connectivity index (χ1n) is 8.25. The van der Waals surface area contributed by atoms with Gasteiger partial charge in [0.1, 0.15) is 0 Å². The van der Waals surface area contributed by atoms with E-state index in [1.165, 1.54) is 0 Å². The number of piperidine rings is 1. The van der Waals surface area contributed by atoms with Crippen LogP contribution in [0.2, 0.25) is 5.02 Å². The molecule has 24 heavy (non-hydrogen) atoms. The zero-order chi connectivity index (χ0) is 17.5. The van der Waals surface area contributed by atoms with Crippen LogP contribution in [0.4, 0.5) is 5.69 Å². The highest BCUT2D eigenvalue weighted by Gasteiger charge is 2.26. The number of rotatable bonds is 6. The first-order valence-corrected chi connectivity index (χ1v) is 8.63. The minimum Gasteiger partial charge on any atom is -0.355 e. The van der Waals surface area contributed by atoms with Gasteiger partial charge in [0, 0.05) is 19.6 Å². The zero-order valence-electron chi connectivity index (χ0n) is 14.0. The fraction of sp³-hybridized carbons (Fsp3) is 0.529. The highest BCUT2D eigenvalue weighted by molar-refractivity contribution is 6.33. The van der Waals surface area contributed by atoms with Crippen LogP contribution in [0.25, 0.3) is 0 Å². The van der Waals surface area contributed by atoms with E-state index < -0.39 is 0 Å². The Hall–Kier alpha value is -1.63. The zero-order valence-corrected chi connectivity index (χ0v) is 14.7. The minimum absolute atomic E-state index is 0.0205. The summed E-state index contributed by atoms with van der Waals surface area (Å²) < 4.78 is 0. The van der Waals surface area contributed by atoms with E-state index in [0.29, 0.717) is 30.3 Å². The number of benzene rings is 1. The molecule has 0 saturated carbocycles. The van der Waals surface area contributed by atoms with Gasteiger partial charge in [-0.15, -0.1) is 0 Å². The average Bonchev–Trinajstić information content (AvgIpc) is 2.55. The third-order valence-corrected chi connectivity index (χ3v) is 4.40. The largest absolute Gasteiger partial charge is 0.355 e. The molecule has 2 rings (SSSR count). The molecule has 0 radical (unpaired) electrons. The second kappa shape index (κ2) is 9.01. The molecule has 2 amide bonds. The van der Waals surface area contributed by atoms with Gasteiger partial charge in [0.25, 0.3) is 0 Å². The van der Waals surface area contributed by atoms with Crippen molar-refractivity contribution >= 4 is 29.1 Å². The molecular weight excluding hydrogens is 328 g/mol. The van der Waals surface area contributed by atoms with E-state index >= 15 is 0 Å². The van der Waals surface area contributed by atoms with Crippen LogP contribution < -0.4 is 16.4 Å². The highest BCUT2D eigenvalue weighted by atomic mass is 35.5. The van der Waals surface area contributed by atoms with E-state index in [2.05, 4.69) is 10.6 Å². The van der Waals surface area contributed by atoms with Crippen LogP contribution >= 0.6 is 11.6 Å². The van der Waals surface area contributed by atoms with Gasteiger partial charge in [-0.25, -0.2) is 0 Å². The standard InChI is InChI=1S/C17H25ClN4O2/c1-12-4-5-15(14(18)9-12)21-16(23)11-22-8-2-3-13(10-22)17(24)20-7-6-19/h4-5,9,13H,2-3,6-8,10-11,19H2,1H3,(H,20,24)(H,21,23). The SMILES string of the molecule is Cc1ccc(NC(=O)CN2CCCC(C(=O)NCCN)C2)c(Cl)c1. The number of amides is 2. The van der Waals surface area contributed by atoms with Crippen LogP contribution in [0.5, 0.6) is 0 Å². The lowest BCUT2D eigenvalue weighted by molar-refractivity contribution is -0.127. The monoisotopic (exact) mass is 352 g/mol. The van der Waals surface area contributed by atoms with Crippen LogP contribution in [-0.2, 0) is 9.59 Å². The molecule has 0 bridgehead atoms. The van der Waals surface area contributed by atoms with Crippen molar-refractivity contribution in [2.75, 3.05) is 38.0 Å². The van der Waals surface area contributed by atoms with Crippen molar-refractivity contribution in [1.29, 1.82) is 0 Å². The Bertz CT molecular complexity index is 594. The van der Waals surface area contributed by atoms with Gasteiger partial charge in [-0.1, -0.05) is 17.7 Å². The number of carbonyl (C=O) groups excluding carboxylic acids is 2. The molecule has 1 heterocycles. The Labute approximate surface area is 147 Å². The van der Waals surface area contributed by atoms with Gasteiger partial charge < -0.3 is 16.4 Å². The van der Waals surface area contributed by atoms with Crippen molar-refractivity contribution in [3.8, 4) is 0 Å². The van der Waals surface area contributed by atoms with E-state index in [1.807, 2.05) is 24.0 Å². The molecule has 4 N–H and O–H groups in total. The van der Waals surface area contributed by atoms with Crippen molar-refractivity contribution in [2.24, 2.45) is 11.7 Å². The van der Waals surface area contributed by atoms with Crippen LogP contribution in [0.1, 0.15) is 18.4 Å². The van der Waals surface area contributed by atoms with Crippen LogP contribution in [0.3, 0.4) is 0 Å². The molecule has 1 aliphatic heterocycles. The van der Waals surface area contributed by atoms with Crippen molar-refractivity contribution in [2.45, 2.75) is 19.8 Å². The minimum atomic E-state index is -0.122. The number of aryl methyl sites for hydroxylation is 1. The van der Waals surface area contributed by atoms with E-state index in [0.717, 1.165) is 24.9 Å². The molecule has 132 valence electrons. The smallest absolute Gasteiger partial charge is 0.238 e. The van der Waals surface area contributed by atoms with Crippen LogP contribution in [0.15, 0.2) is 18.2 Å². The number of halogens is 1. The summed E-state index contributed by atoms with van der Waals surface area (Å²) in [6, 6.07) is 5.52. The summed E-state index contributed by atoms with van der Waals surface area (Å²) in [6.45, 7) is 4.52. The third kappa shape index (κ3) is 5.47. The van der Waals surface area contributed by atoms with Crippen LogP contribution in [-0.4, -0.2) is 49.4 Å². The molecule has 7 heteroatoms. The van der Waals surface area contributed by atoms with E-state index in [4.69, 9.17) is 17.3 Å². The molecule has 0 spiro atoms. The molecule has 1 atom stereocenters. The Morgan fingerprint density at radius 1 is 1.42 bits per heavy atom. The molecule has 0 aliphatic carbocycles. The maximum Gasteiger partial charge on any atom is 0.238 e. The molecule has 1 fully saturated rings. The average molecular weight is 353 g/mol. The quantitative estimate of drug-likeness (QED) is 0.721. The lowest BCUT2D eigenvalue weighted by Gasteiger charge is -2.31. The number of hydrogen-bond donors (Lipinski definition) is 3. The van der Waals surface area contributed by atoms with Crippen molar-refractivity contribution in [3.05, 3.63) is 28.8 Å². The second-order valence-corrected chi connectivity index (χ2v) is 6.59. The Kier molecular flexibility index (Phi) is 7.02. The highest BCUT2D eigenvalue weighted by Crippen LogP contribution is 2.23. The normalized spacial score (nSPS) is 18.2. The van der Waals surface area contributed by atoms with E-state index in [-0.39, 0.29) is 24.3 Å². The molecule has 1 saturated heterocycles. The first-order chi connectivity index (χ1) is 11.5. The molecule has 1 unspecified atom stereocenters. The molecular formula is C17H25ClN4O2. The summed E-state index contributed by atoms with van der Waals surface area (Å²) in [5.41, 5.74) is 7.06. The first kappa shape index (κ1) is 18.7. The molecule has 1 aliphatic rings. The van der Waals surface area contributed by atoms with Gasteiger partial charge in [0.05, 0.1) is 23.2 Å². The topological polar surface area (TPSA) is 87.5 Å². The predicted molar refractivity (Wildman–Crippen MR) is 96.0 cm³/mol. The summed E-state index contributed by atoms with van der Waals surface area (Å²) in [7, 11) is 0. The fourth-order valence-corrected chi connectivity index (χ4v) is 3.15. The molecule has 6 nitrogen and oxygen atoms in total. The summed E-state index contributed by atoms with van der Waals surface area (Å²) >= 11 is 6.14. The number of hydrogen-bond acceptors (Lipinski definition) is 4. The van der Waals surface area contributed by atoms with Crippen molar-refractivity contribution in [1.82, 2.24) is 10.2 Å². The fourth-order valence-electron chi connectivity index (χ4n) is 2.87. The maximum atomic E-state index is 12.2. The summed E-state index contributed by atoms with van der Waals surface area (Å²) in [6.07, 6.45) is 1.75. The summed E-state index contributed by atoms with van der Waals surface area (Å²) in [4.78, 5) is 26.3. The second-order valence-electron chi connectivity index (χ2n) is 6.19. The van der Waals surface area contributed by atoms with Gasteiger partial charge in [-0.2, -0.15) is 0 Å². The van der Waals surface area contributed by atoms with Gasteiger partial charge in [-0.3, -0.25) is 14.5 Å². The lowest BCUT2D eigenvalue weighted by Crippen LogP contribution is -2.46. The maximum absolute atomic E-state index is 12.2. The van der Waals surface area contributed by atoms with Gasteiger partial charge in [0.15, 0.2) is 0 Å². The third-order valence-electron chi connectivity index (χ3n) is 4.09. The lowest BCUT2D eigenvalue weighted by atomic mass is 9.97. The van der Waals surface area contributed by atoms with Gasteiger partial charge in [0.2, 0.25) is 11.8 Å². The van der Waals surface area contributed by atoms with E-state index in [1.54, 1.807) is 6.07 Å². The molecule has 0 aromatic heterocycles. The van der Waals surface area contributed by atoms with Gasteiger partial charge >= 0.3 is 0 Å². The Morgan fingerprint density at radius 3 is 2.92 bits per heavy atom. The number of nitrogens with zero attached hydrogens (tertiary/aromatic N) is 1. The van der Waals surface area contributed by atoms with Crippen LogP contribution in [0, 0.1) is 12.8 Å². The number of nitrogens with two attached hydrogens (primary N) is 1. The van der Waals surface area contributed by atoms with Crippen molar-refractivity contribution < 1.29 is 9.59 Å². The van der Waals surface area contributed by atoms with Crippen molar-refractivity contribution in [3.63, 3.8) is 0 Å². The Balaban J connectivity index is 1.85. The summed E-state index contributed by atoms with van der Waals surface area (Å²) in [5.74, 6) is -0.183. The number of nitrogens with one attached hydrogen (secondary N) is 2. The molecule has 1 aromatic rings. The van der Waals surface area contributed by atoms with E-state index in [9.17, 15) is 9.59 Å². The Morgan fingerprint density at radius 2 is 2.21 bits per heavy atom. The predicted octanol–water partition coefficient (Wildman–Crippen LogP) is 1.37. The number of anilines is 1. The van der Waals surface area contributed by atoms with Gasteiger partial charge in [-0.05, 0) is 44.0 Å². The summed E-state index contributed by atoms with van der Waals surface area (Å²) in [5, 5.41) is 6.18. The number of likely N-dealkylation sites (tertiary alicyclic amines) is 1. The molecule has 1 aromatic carbocycles. The number of carbonyl (C=O) groups is 2.